The fourth-order valence-electron chi connectivity index (χ4n) is 2.10. The fraction of sp³-hybridized carbons (Fsp3) is 0.188. The van der Waals surface area contributed by atoms with Crippen molar-refractivity contribution in [1.29, 1.82) is 5.26 Å². The molecule has 0 aromatic heterocycles. The predicted molar refractivity (Wildman–Crippen MR) is 79.5 cm³/mol. The number of nitro groups is 1. The molecule has 0 radical (unpaired) electrons. The van der Waals surface area contributed by atoms with Gasteiger partial charge >= 0.3 is 0 Å². The lowest BCUT2D eigenvalue weighted by Crippen LogP contribution is -2.18. The Morgan fingerprint density at radius 2 is 2.05 bits per heavy atom. The highest BCUT2D eigenvalue weighted by atomic mass is 16.6. The lowest BCUT2D eigenvalue weighted by molar-refractivity contribution is -0.385. The highest BCUT2D eigenvalue weighted by Crippen LogP contribution is 2.19. The zero-order chi connectivity index (χ0) is 15.2. The van der Waals surface area contributed by atoms with E-state index in [1.54, 1.807) is 24.3 Å². The van der Waals surface area contributed by atoms with Gasteiger partial charge in [0.05, 0.1) is 16.6 Å². The number of para-hydroxylation sites is 1. The van der Waals surface area contributed by atoms with Crippen molar-refractivity contribution < 1.29 is 4.92 Å². The van der Waals surface area contributed by atoms with Gasteiger partial charge in [0.1, 0.15) is 0 Å². The lowest BCUT2D eigenvalue weighted by atomic mass is 10.1. The number of hydrogen-bond acceptors (Lipinski definition) is 4. The Labute approximate surface area is 123 Å². The molecule has 0 aliphatic heterocycles. The Balaban J connectivity index is 2.09. The molecule has 0 saturated carbocycles. The van der Waals surface area contributed by atoms with E-state index in [4.69, 9.17) is 5.26 Å². The predicted octanol–water partition coefficient (Wildman–Crippen LogP) is 3.32. The molecular weight excluding hydrogens is 266 g/mol. The molecule has 5 nitrogen and oxygen atoms in total. The summed E-state index contributed by atoms with van der Waals surface area (Å²) in [5.41, 5.74) is 2.34. The highest BCUT2D eigenvalue weighted by molar-refractivity contribution is 5.40. The van der Waals surface area contributed by atoms with Crippen molar-refractivity contribution in [2.45, 2.75) is 19.5 Å². The van der Waals surface area contributed by atoms with Crippen molar-refractivity contribution >= 4 is 5.69 Å². The monoisotopic (exact) mass is 281 g/mol. The number of nitrogens with zero attached hydrogens (tertiary/aromatic N) is 2. The second-order valence-corrected chi connectivity index (χ2v) is 4.73. The highest BCUT2D eigenvalue weighted by Gasteiger charge is 2.13. The number of nitrogens with one attached hydrogen (secondary N) is 1. The molecule has 0 fully saturated rings. The molecule has 5 heteroatoms. The van der Waals surface area contributed by atoms with E-state index in [2.05, 4.69) is 11.4 Å². The van der Waals surface area contributed by atoms with Crippen LogP contribution in [-0.4, -0.2) is 4.92 Å². The maximum atomic E-state index is 11.0. The summed E-state index contributed by atoms with van der Waals surface area (Å²) >= 11 is 0. The third-order valence-corrected chi connectivity index (χ3v) is 3.30. The van der Waals surface area contributed by atoms with Crippen LogP contribution in [0, 0.1) is 21.4 Å². The van der Waals surface area contributed by atoms with Gasteiger partial charge in [0.2, 0.25) is 0 Å². The van der Waals surface area contributed by atoms with Crippen LogP contribution in [0.4, 0.5) is 5.69 Å². The quantitative estimate of drug-likeness (QED) is 0.673. The summed E-state index contributed by atoms with van der Waals surface area (Å²) < 4.78 is 0. The van der Waals surface area contributed by atoms with Gasteiger partial charge in [0.15, 0.2) is 0 Å². The molecule has 0 bridgehead atoms. The second kappa shape index (κ2) is 6.64. The van der Waals surface area contributed by atoms with Gasteiger partial charge < -0.3 is 5.32 Å². The molecule has 2 rings (SSSR count). The SMILES string of the molecule is CC(NCc1ccccc1[N+](=O)[O-])c1cccc(C#N)c1. The maximum Gasteiger partial charge on any atom is 0.273 e. The molecule has 106 valence electrons. The smallest absolute Gasteiger partial charge is 0.273 e. The Morgan fingerprint density at radius 3 is 2.76 bits per heavy atom. The number of nitro benzene ring substituents is 1. The Morgan fingerprint density at radius 1 is 1.29 bits per heavy atom. The number of rotatable bonds is 5. The van der Waals surface area contributed by atoms with Crippen LogP contribution in [0.15, 0.2) is 48.5 Å². The van der Waals surface area contributed by atoms with E-state index in [0.29, 0.717) is 17.7 Å². The zero-order valence-corrected chi connectivity index (χ0v) is 11.6. The van der Waals surface area contributed by atoms with E-state index in [1.807, 2.05) is 25.1 Å². The van der Waals surface area contributed by atoms with Crippen LogP contribution in [0.3, 0.4) is 0 Å². The van der Waals surface area contributed by atoms with Crippen LogP contribution in [0.5, 0.6) is 0 Å². The van der Waals surface area contributed by atoms with E-state index in [0.717, 1.165) is 5.56 Å². The van der Waals surface area contributed by atoms with Gasteiger partial charge in [0.25, 0.3) is 5.69 Å². The molecule has 21 heavy (non-hydrogen) atoms. The summed E-state index contributed by atoms with van der Waals surface area (Å²) in [6, 6.07) is 16.1. The van der Waals surface area contributed by atoms with Crippen molar-refractivity contribution in [3.8, 4) is 6.07 Å². The standard InChI is InChI=1S/C16H15N3O2/c1-12(14-7-4-5-13(9-14)10-17)18-11-15-6-2-3-8-16(15)19(20)21/h2-9,12,18H,11H2,1H3. The molecule has 0 aliphatic rings. The molecule has 0 saturated heterocycles. The van der Waals surface area contributed by atoms with E-state index in [-0.39, 0.29) is 16.7 Å². The molecule has 0 heterocycles. The minimum absolute atomic E-state index is 0.00175. The van der Waals surface area contributed by atoms with E-state index in [9.17, 15) is 10.1 Å². The Hall–Kier alpha value is -2.71. The van der Waals surface area contributed by atoms with E-state index in [1.165, 1.54) is 6.07 Å². The normalized spacial score (nSPS) is 11.6. The van der Waals surface area contributed by atoms with E-state index < -0.39 is 0 Å². The van der Waals surface area contributed by atoms with Gasteiger partial charge in [-0.3, -0.25) is 10.1 Å². The van der Waals surface area contributed by atoms with Gasteiger partial charge in [-0.2, -0.15) is 5.26 Å². The van der Waals surface area contributed by atoms with Crippen LogP contribution < -0.4 is 5.32 Å². The second-order valence-electron chi connectivity index (χ2n) is 4.73. The first-order chi connectivity index (χ1) is 10.1. The number of benzene rings is 2. The zero-order valence-electron chi connectivity index (χ0n) is 11.6. The number of hydrogen-bond donors (Lipinski definition) is 1. The van der Waals surface area contributed by atoms with Crippen LogP contribution in [0.2, 0.25) is 0 Å². The molecule has 0 aliphatic carbocycles. The van der Waals surface area contributed by atoms with Crippen molar-refractivity contribution in [2.75, 3.05) is 0 Å². The first-order valence-electron chi connectivity index (χ1n) is 6.57. The minimum atomic E-state index is -0.377. The first kappa shape index (κ1) is 14.7. The van der Waals surface area contributed by atoms with Gasteiger partial charge in [-0.05, 0) is 24.6 Å². The molecule has 1 N–H and O–H groups in total. The summed E-state index contributed by atoms with van der Waals surface area (Å²) in [6.07, 6.45) is 0. The molecular formula is C16H15N3O2. The summed E-state index contributed by atoms with van der Waals surface area (Å²) in [5.74, 6) is 0. The van der Waals surface area contributed by atoms with Gasteiger partial charge in [-0.1, -0.05) is 30.3 Å². The third kappa shape index (κ3) is 3.65. The minimum Gasteiger partial charge on any atom is -0.306 e. The first-order valence-corrected chi connectivity index (χ1v) is 6.57. The maximum absolute atomic E-state index is 11.0. The van der Waals surface area contributed by atoms with E-state index >= 15 is 0 Å². The molecule has 2 aromatic rings. The lowest BCUT2D eigenvalue weighted by Gasteiger charge is -2.14. The van der Waals surface area contributed by atoms with Gasteiger partial charge in [-0.15, -0.1) is 0 Å². The summed E-state index contributed by atoms with van der Waals surface area (Å²) in [6.45, 7) is 2.36. The van der Waals surface area contributed by atoms with Crippen molar-refractivity contribution in [1.82, 2.24) is 5.32 Å². The third-order valence-electron chi connectivity index (χ3n) is 3.30. The van der Waals surface area contributed by atoms with Crippen molar-refractivity contribution in [3.63, 3.8) is 0 Å². The molecule has 1 unspecified atom stereocenters. The average molecular weight is 281 g/mol. The summed E-state index contributed by atoms with van der Waals surface area (Å²) in [5, 5.41) is 23.1. The van der Waals surface area contributed by atoms with Crippen LogP contribution in [-0.2, 0) is 6.54 Å². The van der Waals surface area contributed by atoms with Gasteiger partial charge in [0, 0.05) is 24.2 Å². The average Bonchev–Trinajstić information content (AvgIpc) is 2.52. The van der Waals surface area contributed by atoms with Crippen LogP contribution in [0.1, 0.15) is 29.7 Å². The Kier molecular flexibility index (Phi) is 4.64. The summed E-state index contributed by atoms with van der Waals surface area (Å²) in [4.78, 5) is 10.6. The molecule has 1 atom stereocenters. The van der Waals surface area contributed by atoms with Gasteiger partial charge in [-0.25, -0.2) is 0 Å². The van der Waals surface area contributed by atoms with Crippen LogP contribution >= 0.6 is 0 Å². The fourth-order valence-corrected chi connectivity index (χ4v) is 2.10. The largest absolute Gasteiger partial charge is 0.306 e. The summed E-state index contributed by atoms with van der Waals surface area (Å²) in [7, 11) is 0. The van der Waals surface area contributed by atoms with Crippen molar-refractivity contribution in [2.24, 2.45) is 0 Å². The topological polar surface area (TPSA) is 79.0 Å². The number of nitriles is 1. The molecule has 0 spiro atoms. The Bertz CT molecular complexity index is 692. The molecule has 0 amide bonds. The van der Waals surface area contributed by atoms with Crippen molar-refractivity contribution in [3.05, 3.63) is 75.3 Å². The van der Waals surface area contributed by atoms with Crippen LogP contribution in [0.25, 0.3) is 0 Å². The molecule has 2 aromatic carbocycles.